The standard InChI is InChI=1S/C7H12N2OS/c1-4-6-8-7(10-9-6)5(2)11-3/h5H,4H2,1-3H3. The number of aromatic nitrogens is 2. The number of aryl methyl sites for hydroxylation is 1. The van der Waals surface area contributed by atoms with Crippen LogP contribution in [-0.2, 0) is 6.42 Å². The van der Waals surface area contributed by atoms with E-state index in [1.807, 2.05) is 13.2 Å². The van der Waals surface area contributed by atoms with Gasteiger partial charge in [-0.3, -0.25) is 0 Å². The van der Waals surface area contributed by atoms with E-state index in [1.165, 1.54) is 0 Å². The molecular weight excluding hydrogens is 160 g/mol. The maximum atomic E-state index is 5.03. The van der Waals surface area contributed by atoms with Crippen molar-refractivity contribution < 1.29 is 4.52 Å². The van der Waals surface area contributed by atoms with E-state index in [1.54, 1.807) is 11.8 Å². The fourth-order valence-corrected chi connectivity index (χ4v) is 0.974. The molecule has 0 aliphatic carbocycles. The molecular formula is C7H12N2OS. The Morgan fingerprint density at radius 1 is 1.64 bits per heavy atom. The smallest absolute Gasteiger partial charge is 0.239 e. The van der Waals surface area contributed by atoms with Gasteiger partial charge in [0, 0.05) is 6.42 Å². The maximum absolute atomic E-state index is 5.03. The molecule has 11 heavy (non-hydrogen) atoms. The lowest BCUT2D eigenvalue weighted by molar-refractivity contribution is 0.375. The van der Waals surface area contributed by atoms with Crippen LogP contribution in [0.4, 0.5) is 0 Å². The topological polar surface area (TPSA) is 38.9 Å². The van der Waals surface area contributed by atoms with Gasteiger partial charge in [-0.2, -0.15) is 16.7 Å². The largest absolute Gasteiger partial charge is 0.338 e. The summed E-state index contributed by atoms with van der Waals surface area (Å²) in [7, 11) is 0. The number of nitrogens with zero attached hydrogens (tertiary/aromatic N) is 2. The van der Waals surface area contributed by atoms with E-state index in [-0.39, 0.29) is 0 Å². The van der Waals surface area contributed by atoms with Crippen LogP contribution in [0.1, 0.15) is 30.8 Å². The quantitative estimate of drug-likeness (QED) is 0.699. The van der Waals surface area contributed by atoms with Gasteiger partial charge < -0.3 is 4.52 Å². The van der Waals surface area contributed by atoms with Crippen molar-refractivity contribution in [1.29, 1.82) is 0 Å². The SMILES string of the molecule is CCc1noc(C(C)SC)n1. The van der Waals surface area contributed by atoms with Crippen LogP contribution in [0.2, 0.25) is 0 Å². The average Bonchev–Trinajstić information content (AvgIpc) is 2.50. The van der Waals surface area contributed by atoms with Gasteiger partial charge >= 0.3 is 0 Å². The summed E-state index contributed by atoms with van der Waals surface area (Å²) < 4.78 is 5.03. The van der Waals surface area contributed by atoms with E-state index >= 15 is 0 Å². The summed E-state index contributed by atoms with van der Waals surface area (Å²) in [4.78, 5) is 4.20. The molecule has 1 unspecified atom stereocenters. The van der Waals surface area contributed by atoms with Crippen LogP contribution < -0.4 is 0 Å². The third-order valence-corrected chi connectivity index (χ3v) is 2.41. The minimum Gasteiger partial charge on any atom is -0.338 e. The van der Waals surface area contributed by atoms with E-state index in [0.717, 1.165) is 18.1 Å². The Kier molecular flexibility index (Phi) is 2.93. The van der Waals surface area contributed by atoms with Gasteiger partial charge in [0.1, 0.15) is 0 Å². The highest BCUT2D eigenvalue weighted by atomic mass is 32.2. The van der Waals surface area contributed by atoms with Gasteiger partial charge in [0.15, 0.2) is 5.82 Å². The highest BCUT2D eigenvalue weighted by Crippen LogP contribution is 2.23. The summed E-state index contributed by atoms with van der Waals surface area (Å²) in [5, 5.41) is 4.11. The first-order chi connectivity index (χ1) is 5.27. The van der Waals surface area contributed by atoms with Crippen molar-refractivity contribution in [3.63, 3.8) is 0 Å². The van der Waals surface area contributed by atoms with Crippen LogP contribution in [0.3, 0.4) is 0 Å². The molecule has 0 spiro atoms. The second kappa shape index (κ2) is 3.76. The second-order valence-corrected chi connectivity index (χ2v) is 3.46. The van der Waals surface area contributed by atoms with Crippen LogP contribution in [0.25, 0.3) is 0 Å². The monoisotopic (exact) mass is 172 g/mol. The maximum Gasteiger partial charge on any atom is 0.239 e. The second-order valence-electron chi connectivity index (χ2n) is 2.28. The zero-order valence-corrected chi connectivity index (χ0v) is 7.81. The van der Waals surface area contributed by atoms with E-state index in [0.29, 0.717) is 5.25 Å². The summed E-state index contributed by atoms with van der Waals surface area (Å²) in [6.07, 6.45) is 2.87. The van der Waals surface area contributed by atoms with Gasteiger partial charge in [0.25, 0.3) is 0 Å². The molecule has 1 heterocycles. The highest BCUT2D eigenvalue weighted by molar-refractivity contribution is 7.98. The average molecular weight is 172 g/mol. The molecule has 1 aromatic rings. The van der Waals surface area contributed by atoms with Gasteiger partial charge in [-0.15, -0.1) is 0 Å². The van der Waals surface area contributed by atoms with Gasteiger partial charge in [0.2, 0.25) is 5.89 Å². The predicted molar refractivity (Wildman–Crippen MR) is 45.6 cm³/mol. The van der Waals surface area contributed by atoms with Gasteiger partial charge in [-0.1, -0.05) is 12.1 Å². The molecule has 1 rings (SSSR count). The number of thioether (sulfide) groups is 1. The van der Waals surface area contributed by atoms with E-state index in [2.05, 4.69) is 17.1 Å². The van der Waals surface area contributed by atoms with Crippen molar-refractivity contribution >= 4 is 11.8 Å². The van der Waals surface area contributed by atoms with Crippen molar-refractivity contribution in [2.45, 2.75) is 25.5 Å². The third-order valence-electron chi connectivity index (χ3n) is 1.50. The molecule has 3 nitrogen and oxygen atoms in total. The lowest BCUT2D eigenvalue weighted by Gasteiger charge is -1.97. The van der Waals surface area contributed by atoms with Gasteiger partial charge in [0.05, 0.1) is 5.25 Å². The molecule has 1 atom stereocenters. The fraction of sp³-hybridized carbons (Fsp3) is 0.714. The van der Waals surface area contributed by atoms with E-state index in [9.17, 15) is 0 Å². The fourth-order valence-electron chi connectivity index (χ4n) is 0.677. The van der Waals surface area contributed by atoms with Crippen LogP contribution in [0.15, 0.2) is 4.52 Å². The van der Waals surface area contributed by atoms with Crippen molar-refractivity contribution in [3.05, 3.63) is 11.7 Å². The molecule has 0 radical (unpaired) electrons. The minimum absolute atomic E-state index is 0.308. The zero-order valence-electron chi connectivity index (χ0n) is 7.00. The minimum atomic E-state index is 0.308. The first kappa shape index (κ1) is 8.59. The predicted octanol–water partition coefficient (Wildman–Crippen LogP) is 2.06. The summed E-state index contributed by atoms with van der Waals surface area (Å²) in [6.45, 7) is 4.07. The Morgan fingerprint density at radius 2 is 2.36 bits per heavy atom. The molecule has 0 fully saturated rings. The van der Waals surface area contributed by atoms with Gasteiger partial charge in [-0.25, -0.2) is 0 Å². The molecule has 4 heteroatoms. The van der Waals surface area contributed by atoms with Crippen molar-refractivity contribution in [2.24, 2.45) is 0 Å². The van der Waals surface area contributed by atoms with Crippen LogP contribution in [0, 0.1) is 0 Å². The Morgan fingerprint density at radius 3 is 2.82 bits per heavy atom. The van der Waals surface area contributed by atoms with Crippen molar-refractivity contribution in [1.82, 2.24) is 10.1 Å². The summed E-state index contributed by atoms with van der Waals surface area (Å²) in [5.74, 6) is 1.52. The Labute approximate surface area is 70.6 Å². The third kappa shape index (κ3) is 1.96. The number of rotatable bonds is 3. The molecule has 1 aromatic heterocycles. The Bertz CT molecular complexity index is 224. The summed E-state index contributed by atoms with van der Waals surface area (Å²) >= 11 is 1.71. The molecule has 0 saturated heterocycles. The molecule has 0 bridgehead atoms. The Balaban J connectivity index is 2.71. The van der Waals surface area contributed by atoms with Crippen LogP contribution in [-0.4, -0.2) is 16.4 Å². The first-order valence-electron chi connectivity index (χ1n) is 3.63. The molecule has 0 aromatic carbocycles. The van der Waals surface area contributed by atoms with Gasteiger partial charge in [-0.05, 0) is 13.2 Å². The first-order valence-corrected chi connectivity index (χ1v) is 4.92. The molecule has 0 saturated carbocycles. The normalized spacial score (nSPS) is 13.4. The highest BCUT2D eigenvalue weighted by Gasteiger charge is 2.11. The zero-order chi connectivity index (χ0) is 8.27. The van der Waals surface area contributed by atoms with Crippen LogP contribution in [0.5, 0.6) is 0 Å². The molecule has 0 amide bonds. The van der Waals surface area contributed by atoms with E-state index in [4.69, 9.17) is 4.52 Å². The number of hydrogen-bond acceptors (Lipinski definition) is 4. The molecule has 0 aliphatic heterocycles. The number of hydrogen-bond donors (Lipinski definition) is 0. The summed E-state index contributed by atoms with van der Waals surface area (Å²) in [5.41, 5.74) is 0. The van der Waals surface area contributed by atoms with Crippen molar-refractivity contribution in [2.75, 3.05) is 6.26 Å². The Hall–Kier alpha value is -0.510. The molecule has 0 aliphatic rings. The van der Waals surface area contributed by atoms with Crippen LogP contribution >= 0.6 is 11.8 Å². The molecule has 0 N–H and O–H groups in total. The summed E-state index contributed by atoms with van der Waals surface area (Å²) in [6, 6.07) is 0. The molecule has 62 valence electrons. The lowest BCUT2D eigenvalue weighted by atomic mass is 10.4. The lowest BCUT2D eigenvalue weighted by Crippen LogP contribution is -1.88. The van der Waals surface area contributed by atoms with Crippen molar-refractivity contribution in [3.8, 4) is 0 Å². The van der Waals surface area contributed by atoms with E-state index < -0.39 is 0 Å².